The maximum atomic E-state index is 11.3. The van der Waals surface area contributed by atoms with Gasteiger partial charge in [-0.25, -0.2) is 4.79 Å². The van der Waals surface area contributed by atoms with Crippen molar-refractivity contribution in [2.45, 2.75) is 38.7 Å². The summed E-state index contributed by atoms with van der Waals surface area (Å²) >= 11 is 3.11. The number of Topliss-reactive ketones (excluding diaryl/α,β-unsaturated/α-hetero) is 1. The van der Waals surface area contributed by atoms with E-state index in [1.165, 1.54) is 0 Å². The van der Waals surface area contributed by atoms with Crippen molar-refractivity contribution in [2.75, 3.05) is 11.9 Å². The molecule has 0 fully saturated rings. The van der Waals surface area contributed by atoms with Crippen LogP contribution in [0, 0.1) is 0 Å². The fourth-order valence-electron chi connectivity index (χ4n) is 1.51. The minimum absolute atomic E-state index is 0.0995. The number of oxime groups is 1. The third kappa shape index (κ3) is 4.85. The molecule has 5 nitrogen and oxygen atoms in total. The molecule has 6 heteroatoms. The highest BCUT2D eigenvalue weighted by Gasteiger charge is 2.26. The largest absolute Gasteiger partial charge is 0.461 e. The molecule has 0 radical (unpaired) electrons. The summed E-state index contributed by atoms with van der Waals surface area (Å²) in [5, 5.41) is 4.09. The van der Waals surface area contributed by atoms with Gasteiger partial charge in [0.1, 0.15) is 11.9 Å². The van der Waals surface area contributed by atoms with Gasteiger partial charge in [-0.05, 0) is 19.8 Å². The second kappa shape index (κ2) is 7.42. The van der Waals surface area contributed by atoms with Gasteiger partial charge in [-0.1, -0.05) is 21.1 Å². The fraction of sp³-hybridized carbons (Fsp3) is 0.727. The normalized spacial score (nSPS) is 18.5. The lowest BCUT2D eigenvalue weighted by Gasteiger charge is -2.06. The van der Waals surface area contributed by atoms with E-state index in [1.54, 1.807) is 6.92 Å². The van der Waals surface area contributed by atoms with Crippen molar-refractivity contribution in [2.24, 2.45) is 5.16 Å². The summed E-state index contributed by atoms with van der Waals surface area (Å²) in [6.07, 6.45) is 2.38. The highest BCUT2D eigenvalue weighted by atomic mass is 79.9. The van der Waals surface area contributed by atoms with Gasteiger partial charge in [0.2, 0.25) is 0 Å². The number of rotatable bonds is 7. The number of hydrogen-bond acceptors (Lipinski definition) is 5. The van der Waals surface area contributed by atoms with E-state index in [1.807, 2.05) is 0 Å². The number of nitrogens with zero attached hydrogens (tertiary/aromatic N) is 1. The molecule has 1 atom stereocenters. The summed E-state index contributed by atoms with van der Waals surface area (Å²) in [7, 11) is 0. The average molecular weight is 306 g/mol. The Labute approximate surface area is 109 Å². The highest BCUT2D eigenvalue weighted by molar-refractivity contribution is 9.09. The maximum Gasteiger partial charge on any atom is 0.356 e. The van der Waals surface area contributed by atoms with E-state index in [0.29, 0.717) is 30.5 Å². The van der Waals surface area contributed by atoms with Gasteiger partial charge in [-0.15, -0.1) is 0 Å². The average Bonchev–Trinajstić information content (AvgIpc) is 2.78. The number of ketones is 1. The third-order valence-electron chi connectivity index (χ3n) is 2.37. The maximum absolute atomic E-state index is 11.3. The van der Waals surface area contributed by atoms with Crippen LogP contribution in [0.5, 0.6) is 0 Å². The smallest absolute Gasteiger partial charge is 0.356 e. The number of ether oxygens (including phenoxy) is 1. The number of carbonyl (C=O) groups is 2. The van der Waals surface area contributed by atoms with Crippen molar-refractivity contribution >= 4 is 33.4 Å². The van der Waals surface area contributed by atoms with E-state index in [9.17, 15) is 9.59 Å². The Morgan fingerprint density at radius 3 is 3.00 bits per heavy atom. The molecular weight excluding hydrogens is 290 g/mol. The first-order valence-electron chi connectivity index (χ1n) is 5.64. The van der Waals surface area contributed by atoms with Crippen LogP contribution in [-0.2, 0) is 19.2 Å². The Balaban J connectivity index is 2.20. The van der Waals surface area contributed by atoms with Crippen LogP contribution >= 0.6 is 15.9 Å². The quantitative estimate of drug-likeness (QED) is 0.532. The highest BCUT2D eigenvalue weighted by Crippen LogP contribution is 2.17. The molecule has 1 aliphatic rings. The number of esters is 1. The zero-order valence-corrected chi connectivity index (χ0v) is 11.4. The van der Waals surface area contributed by atoms with Crippen LogP contribution < -0.4 is 0 Å². The van der Waals surface area contributed by atoms with Gasteiger partial charge in [0.05, 0.1) is 11.9 Å². The lowest BCUT2D eigenvalue weighted by Crippen LogP contribution is -2.18. The van der Waals surface area contributed by atoms with Crippen LogP contribution in [0.4, 0.5) is 0 Å². The summed E-state index contributed by atoms with van der Waals surface area (Å²) in [4.78, 5) is 27.5. The SMILES string of the molecule is CCOC(=O)C1=NOC(CCCC(=O)CBr)C1. The summed E-state index contributed by atoms with van der Waals surface area (Å²) in [6.45, 7) is 2.08. The molecule has 1 heterocycles. The molecule has 1 rings (SSSR count). The molecule has 0 saturated heterocycles. The minimum Gasteiger partial charge on any atom is -0.461 e. The summed E-state index contributed by atoms with van der Waals surface area (Å²) in [5.74, 6) is -0.235. The van der Waals surface area contributed by atoms with Crippen LogP contribution in [0.25, 0.3) is 0 Å². The lowest BCUT2D eigenvalue weighted by molar-refractivity contribution is -0.135. The third-order valence-corrected chi connectivity index (χ3v) is 3.00. The van der Waals surface area contributed by atoms with Crippen LogP contribution in [-0.4, -0.2) is 35.5 Å². The fourth-order valence-corrected chi connectivity index (χ4v) is 1.79. The molecule has 0 bridgehead atoms. The minimum atomic E-state index is -0.411. The number of halogens is 1. The second-order valence-corrected chi connectivity index (χ2v) is 4.32. The van der Waals surface area contributed by atoms with Crippen LogP contribution in [0.1, 0.15) is 32.6 Å². The van der Waals surface area contributed by atoms with Gasteiger partial charge in [0, 0.05) is 12.8 Å². The zero-order valence-electron chi connectivity index (χ0n) is 9.78. The van der Waals surface area contributed by atoms with E-state index in [0.717, 1.165) is 12.8 Å². The molecule has 0 aromatic carbocycles. The van der Waals surface area contributed by atoms with E-state index in [4.69, 9.17) is 9.57 Å². The summed E-state index contributed by atoms with van der Waals surface area (Å²) in [5.41, 5.74) is 0.337. The van der Waals surface area contributed by atoms with E-state index in [-0.39, 0.29) is 11.9 Å². The second-order valence-electron chi connectivity index (χ2n) is 3.75. The monoisotopic (exact) mass is 305 g/mol. The first-order chi connectivity index (χ1) is 8.17. The topological polar surface area (TPSA) is 65.0 Å². The zero-order chi connectivity index (χ0) is 12.7. The van der Waals surface area contributed by atoms with Gasteiger partial charge in [-0.3, -0.25) is 4.79 Å². The van der Waals surface area contributed by atoms with Crippen molar-refractivity contribution in [3.8, 4) is 0 Å². The Kier molecular flexibility index (Phi) is 6.18. The lowest BCUT2D eigenvalue weighted by atomic mass is 10.1. The van der Waals surface area contributed by atoms with Gasteiger partial charge >= 0.3 is 5.97 Å². The predicted molar refractivity (Wildman–Crippen MR) is 66.2 cm³/mol. The number of hydrogen-bond donors (Lipinski definition) is 0. The molecule has 0 spiro atoms. The van der Waals surface area contributed by atoms with Gasteiger partial charge in [0.15, 0.2) is 5.71 Å². The van der Waals surface area contributed by atoms with Gasteiger partial charge in [-0.2, -0.15) is 0 Å². The molecule has 0 amide bonds. The van der Waals surface area contributed by atoms with E-state index in [2.05, 4.69) is 21.1 Å². The molecule has 96 valence electrons. The Morgan fingerprint density at radius 1 is 1.59 bits per heavy atom. The molecule has 17 heavy (non-hydrogen) atoms. The van der Waals surface area contributed by atoms with Crippen molar-refractivity contribution in [1.29, 1.82) is 0 Å². The molecule has 0 aliphatic carbocycles. The first-order valence-corrected chi connectivity index (χ1v) is 6.77. The number of carbonyl (C=O) groups excluding carboxylic acids is 2. The summed E-state index contributed by atoms with van der Waals surface area (Å²) < 4.78 is 4.82. The van der Waals surface area contributed by atoms with Gasteiger partial charge < -0.3 is 9.57 Å². The van der Waals surface area contributed by atoms with Crippen LogP contribution in [0.2, 0.25) is 0 Å². The summed E-state index contributed by atoms with van der Waals surface area (Å²) in [6, 6.07) is 0. The molecule has 0 saturated carbocycles. The predicted octanol–water partition coefficient (Wildman–Crippen LogP) is 1.83. The van der Waals surface area contributed by atoms with Crippen molar-refractivity contribution in [1.82, 2.24) is 0 Å². The number of alkyl halides is 1. The molecule has 0 aromatic rings. The molecular formula is C11H16BrNO4. The van der Waals surface area contributed by atoms with E-state index >= 15 is 0 Å². The Bertz CT molecular complexity index is 317. The van der Waals surface area contributed by atoms with E-state index < -0.39 is 5.97 Å². The van der Waals surface area contributed by atoms with Crippen LogP contribution in [0.15, 0.2) is 5.16 Å². The molecule has 1 unspecified atom stereocenters. The Morgan fingerprint density at radius 2 is 2.35 bits per heavy atom. The van der Waals surface area contributed by atoms with Crippen molar-refractivity contribution < 1.29 is 19.2 Å². The van der Waals surface area contributed by atoms with Crippen molar-refractivity contribution in [3.05, 3.63) is 0 Å². The van der Waals surface area contributed by atoms with Crippen LogP contribution in [0.3, 0.4) is 0 Å². The molecule has 0 N–H and O–H groups in total. The van der Waals surface area contributed by atoms with Crippen molar-refractivity contribution in [3.63, 3.8) is 0 Å². The molecule has 1 aliphatic heterocycles. The van der Waals surface area contributed by atoms with Gasteiger partial charge in [0.25, 0.3) is 0 Å². The molecule has 0 aromatic heterocycles. The standard InChI is InChI=1S/C11H16BrNO4/c1-2-16-11(15)10-6-9(17-13-10)5-3-4-8(14)7-12/h9H,2-7H2,1H3. The first kappa shape index (κ1) is 14.2. The Hall–Kier alpha value is -0.910.